The second-order valence-corrected chi connectivity index (χ2v) is 7.55. The van der Waals surface area contributed by atoms with Crippen molar-refractivity contribution in [2.45, 2.75) is 38.6 Å². The van der Waals surface area contributed by atoms with Gasteiger partial charge in [-0.3, -0.25) is 9.69 Å². The van der Waals surface area contributed by atoms with Gasteiger partial charge in [0.25, 0.3) is 0 Å². The number of carbonyl (C=O) groups is 1. The minimum absolute atomic E-state index is 0.0148. The molecular weight excluding hydrogens is 348 g/mol. The first-order chi connectivity index (χ1) is 12.7. The van der Waals surface area contributed by atoms with Gasteiger partial charge in [0.05, 0.1) is 17.1 Å². The van der Waals surface area contributed by atoms with Crippen LogP contribution in [0.2, 0.25) is 0 Å². The highest BCUT2D eigenvalue weighted by Crippen LogP contribution is 2.31. The van der Waals surface area contributed by atoms with Crippen LogP contribution in [0.4, 0.5) is 5.13 Å². The Bertz CT molecular complexity index is 871. The molecule has 2 N–H and O–H groups in total. The van der Waals surface area contributed by atoms with Crippen LogP contribution >= 0.6 is 11.3 Å². The molecule has 0 unspecified atom stereocenters. The number of aromatic amines is 1. The lowest BCUT2D eigenvalue weighted by Crippen LogP contribution is -2.28. The number of fused-ring (bicyclic) bond motifs is 1. The molecule has 7 nitrogen and oxygen atoms in total. The number of hydrogen-bond donors (Lipinski definition) is 2. The molecule has 1 aromatic carbocycles. The van der Waals surface area contributed by atoms with Gasteiger partial charge >= 0.3 is 0 Å². The van der Waals surface area contributed by atoms with Gasteiger partial charge in [-0.15, -0.1) is 10.2 Å². The molecule has 26 heavy (non-hydrogen) atoms. The van der Waals surface area contributed by atoms with Crippen LogP contribution in [0.3, 0.4) is 0 Å². The van der Waals surface area contributed by atoms with E-state index in [9.17, 15) is 4.79 Å². The smallest absolute Gasteiger partial charge is 0.227 e. The molecule has 1 aliphatic rings. The van der Waals surface area contributed by atoms with E-state index in [0.29, 0.717) is 18.1 Å². The van der Waals surface area contributed by atoms with E-state index in [-0.39, 0.29) is 11.9 Å². The Morgan fingerprint density at radius 3 is 3.08 bits per heavy atom. The number of nitrogens with one attached hydrogen (secondary N) is 2. The predicted molar refractivity (Wildman–Crippen MR) is 102 cm³/mol. The monoisotopic (exact) mass is 370 g/mol. The van der Waals surface area contributed by atoms with Crippen LogP contribution in [-0.2, 0) is 11.2 Å². The third-order valence-electron chi connectivity index (χ3n) is 4.73. The molecule has 2 aromatic heterocycles. The van der Waals surface area contributed by atoms with Gasteiger partial charge in [0.2, 0.25) is 11.0 Å². The fourth-order valence-electron chi connectivity index (χ4n) is 3.41. The number of aromatic nitrogens is 4. The minimum atomic E-state index is -0.0148. The van der Waals surface area contributed by atoms with Gasteiger partial charge in [-0.1, -0.05) is 30.4 Å². The molecular formula is C18H22N6OS. The van der Waals surface area contributed by atoms with E-state index in [4.69, 9.17) is 4.98 Å². The normalized spacial score (nSPS) is 17.8. The van der Waals surface area contributed by atoms with E-state index < -0.39 is 0 Å². The second kappa shape index (κ2) is 7.51. The zero-order valence-electron chi connectivity index (χ0n) is 14.7. The predicted octanol–water partition coefficient (Wildman–Crippen LogP) is 3.14. The van der Waals surface area contributed by atoms with E-state index in [0.717, 1.165) is 47.7 Å². The number of para-hydroxylation sites is 2. The lowest BCUT2D eigenvalue weighted by molar-refractivity contribution is -0.116. The number of anilines is 1. The molecule has 0 saturated carbocycles. The van der Waals surface area contributed by atoms with Crippen LogP contribution in [0.5, 0.6) is 0 Å². The summed E-state index contributed by atoms with van der Waals surface area (Å²) < 4.78 is 0. The Balaban J connectivity index is 1.37. The molecule has 1 aliphatic heterocycles. The van der Waals surface area contributed by atoms with Crippen molar-refractivity contribution in [2.24, 2.45) is 0 Å². The van der Waals surface area contributed by atoms with Crippen molar-refractivity contribution in [1.82, 2.24) is 25.1 Å². The molecule has 1 saturated heterocycles. The number of benzene rings is 1. The molecule has 8 heteroatoms. The maximum Gasteiger partial charge on any atom is 0.227 e. The molecule has 3 heterocycles. The van der Waals surface area contributed by atoms with Crippen molar-refractivity contribution in [2.75, 3.05) is 18.4 Å². The third kappa shape index (κ3) is 3.61. The zero-order valence-corrected chi connectivity index (χ0v) is 15.6. The summed E-state index contributed by atoms with van der Waals surface area (Å²) in [5, 5.41) is 12.4. The van der Waals surface area contributed by atoms with Gasteiger partial charge in [0, 0.05) is 13.0 Å². The highest BCUT2D eigenvalue weighted by molar-refractivity contribution is 7.15. The van der Waals surface area contributed by atoms with Gasteiger partial charge in [0.15, 0.2) is 0 Å². The van der Waals surface area contributed by atoms with Crippen molar-refractivity contribution in [1.29, 1.82) is 0 Å². The van der Waals surface area contributed by atoms with Crippen LogP contribution in [0.25, 0.3) is 11.0 Å². The molecule has 4 rings (SSSR count). The minimum Gasteiger partial charge on any atom is -0.341 e. The number of hydrogen-bond acceptors (Lipinski definition) is 6. The number of H-pyrrole nitrogens is 1. The first-order valence-corrected chi connectivity index (χ1v) is 9.85. The van der Waals surface area contributed by atoms with Gasteiger partial charge in [-0.05, 0) is 37.9 Å². The molecule has 3 aromatic rings. The van der Waals surface area contributed by atoms with E-state index in [1.807, 2.05) is 31.2 Å². The summed E-state index contributed by atoms with van der Waals surface area (Å²) in [4.78, 5) is 22.7. The van der Waals surface area contributed by atoms with Crippen LogP contribution < -0.4 is 5.32 Å². The molecule has 0 radical (unpaired) electrons. The van der Waals surface area contributed by atoms with Crippen molar-refractivity contribution >= 4 is 33.4 Å². The van der Waals surface area contributed by atoms with E-state index in [2.05, 4.69) is 25.4 Å². The average Bonchev–Trinajstić information content (AvgIpc) is 3.38. The van der Waals surface area contributed by atoms with Gasteiger partial charge in [-0.2, -0.15) is 0 Å². The first-order valence-electron chi connectivity index (χ1n) is 9.04. The second-order valence-electron chi connectivity index (χ2n) is 6.49. The lowest BCUT2D eigenvalue weighted by atomic mass is 10.2. The Labute approximate surface area is 155 Å². The highest BCUT2D eigenvalue weighted by Gasteiger charge is 2.28. The maximum absolute atomic E-state index is 12.2. The fraction of sp³-hybridized carbons (Fsp3) is 0.444. The summed E-state index contributed by atoms with van der Waals surface area (Å²) in [6.07, 6.45) is 3.47. The van der Waals surface area contributed by atoms with E-state index in [1.165, 1.54) is 11.3 Å². The fourth-order valence-corrected chi connectivity index (χ4v) is 4.10. The van der Waals surface area contributed by atoms with Crippen LogP contribution in [0.1, 0.15) is 43.1 Å². The Morgan fingerprint density at radius 1 is 1.38 bits per heavy atom. The number of imidazole rings is 1. The molecule has 0 bridgehead atoms. The number of likely N-dealkylation sites (tertiary alicyclic amines) is 1. The number of rotatable bonds is 6. The summed E-state index contributed by atoms with van der Waals surface area (Å²) in [6, 6.07) is 8.34. The molecule has 1 fully saturated rings. The van der Waals surface area contributed by atoms with Crippen molar-refractivity contribution < 1.29 is 4.79 Å². The zero-order chi connectivity index (χ0) is 17.9. The quantitative estimate of drug-likeness (QED) is 0.696. The summed E-state index contributed by atoms with van der Waals surface area (Å²) >= 11 is 1.44. The lowest BCUT2D eigenvalue weighted by Gasteiger charge is -2.22. The topological polar surface area (TPSA) is 86.8 Å². The molecule has 0 aliphatic carbocycles. The largest absolute Gasteiger partial charge is 0.341 e. The SMILES string of the molecule is CCc1nnc(NC(=O)CCN2CCC[C@H]2c2nc3ccccc3[nH]2)s1. The number of carbonyl (C=O) groups excluding carboxylic acids is 1. The highest BCUT2D eigenvalue weighted by atomic mass is 32.1. The van der Waals surface area contributed by atoms with Crippen LogP contribution in [-0.4, -0.2) is 44.1 Å². The van der Waals surface area contributed by atoms with E-state index in [1.54, 1.807) is 0 Å². The van der Waals surface area contributed by atoms with Gasteiger partial charge in [-0.25, -0.2) is 4.98 Å². The summed E-state index contributed by atoms with van der Waals surface area (Å²) in [6.45, 7) is 3.73. The van der Waals surface area contributed by atoms with Crippen molar-refractivity contribution in [3.8, 4) is 0 Å². The van der Waals surface area contributed by atoms with Crippen LogP contribution in [0, 0.1) is 0 Å². The van der Waals surface area contributed by atoms with Crippen LogP contribution in [0.15, 0.2) is 24.3 Å². The molecule has 0 spiro atoms. The molecule has 1 amide bonds. The average molecular weight is 370 g/mol. The summed E-state index contributed by atoms with van der Waals surface area (Å²) in [7, 11) is 0. The first kappa shape index (κ1) is 17.1. The van der Waals surface area contributed by atoms with Crippen molar-refractivity contribution in [3.63, 3.8) is 0 Å². The number of aryl methyl sites for hydroxylation is 1. The number of amides is 1. The van der Waals surface area contributed by atoms with Crippen molar-refractivity contribution in [3.05, 3.63) is 35.1 Å². The van der Waals surface area contributed by atoms with Gasteiger partial charge < -0.3 is 10.3 Å². The Morgan fingerprint density at radius 2 is 2.27 bits per heavy atom. The molecule has 136 valence electrons. The Hall–Kier alpha value is -2.32. The Kier molecular flexibility index (Phi) is 4.94. The summed E-state index contributed by atoms with van der Waals surface area (Å²) in [5.74, 6) is 0.986. The summed E-state index contributed by atoms with van der Waals surface area (Å²) in [5.41, 5.74) is 2.06. The number of nitrogens with zero attached hydrogens (tertiary/aromatic N) is 4. The van der Waals surface area contributed by atoms with E-state index >= 15 is 0 Å². The third-order valence-corrected chi connectivity index (χ3v) is 5.71. The molecule has 1 atom stereocenters. The van der Waals surface area contributed by atoms with Gasteiger partial charge in [0.1, 0.15) is 10.8 Å². The maximum atomic E-state index is 12.2. The standard InChI is InChI=1S/C18H22N6OS/c1-2-16-22-23-18(26-16)21-15(25)9-11-24-10-5-8-14(24)17-19-12-6-3-4-7-13(12)20-17/h3-4,6-7,14H,2,5,8-11H2,1H3,(H,19,20)(H,21,23,25)/t14-/m0/s1.